The lowest BCUT2D eigenvalue weighted by Gasteiger charge is -2.06. The summed E-state index contributed by atoms with van der Waals surface area (Å²) in [6, 6.07) is 12.4. The number of anilines is 1. The van der Waals surface area contributed by atoms with Crippen LogP contribution in [0.15, 0.2) is 48.7 Å². The number of nitrogens with one attached hydrogen (secondary N) is 2. The second kappa shape index (κ2) is 5.19. The van der Waals surface area contributed by atoms with Crippen molar-refractivity contribution in [3.05, 3.63) is 64.3 Å². The maximum Gasteiger partial charge on any atom is 0.255 e. The Hall–Kier alpha value is -1.97. The first-order valence-corrected chi connectivity index (χ1v) is 6.72. The number of carbonyl (C=O) groups excluding carboxylic acids is 1. The van der Waals surface area contributed by atoms with Gasteiger partial charge in [-0.2, -0.15) is 0 Å². The summed E-state index contributed by atoms with van der Waals surface area (Å²) in [5, 5.41) is 4.65. The fourth-order valence-electron chi connectivity index (χ4n) is 1.97. The van der Waals surface area contributed by atoms with Gasteiger partial charge in [0, 0.05) is 28.4 Å². The Morgan fingerprint density at radius 3 is 2.65 bits per heavy atom. The number of H-pyrrole nitrogens is 1. The molecule has 0 fully saturated rings. The van der Waals surface area contributed by atoms with E-state index in [-0.39, 0.29) is 5.91 Å². The molecule has 3 nitrogen and oxygen atoms in total. The van der Waals surface area contributed by atoms with Gasteiger partial charge in [-0.15, -0.1) is 0 Å². The van der Waals surface area contributed by atoms with Crippen LogP contribution in [-0.2, 0) is 0 Å². The highest BCUT2D eigenvalue weighted by atomic mass is 35.5. The van der Waals surface area contributed by atoms with E-state index in [2.05, 4.69) is 10.3 Å². The lowest BCUT2D eigenvalue weighted by molar-refractivity contribution is 0.102. The number of fused-ring (bicyclic) bond motifs is 1. The fourth-order valence-corrected chi connectivity index (χ4v) is 2.27. The number of benzene rings is 2. The molecule has 20 heavy (non-hydrogen) atoms. The van der Waals surface area contributed by atoms with Crippen LogP contribution in [0, 0.1) is 0 Å². The Kier molecular flexibility index (Phi) is 3.38. The van der Waals surface area contributed by atoms with Gasteiger partial charge in [0.15, 0.2) is 0 Å². The number of aromatic nitrogens is 1. The molecule has 2 aromatic carbocycles. The average Bonchev–Trinajstić information content (AvgIpc) is 2.90. The Morgan fingerprint density at radius 1 is 1.00 bits per heavy atom. The number of hydrogen-bond donors (Lipinski definition) is 2. The number of hydrogen-bond acceptors (Lipinski definition) is 1. The van der Waals surface area contributed by atoms with Crippen molar-refractivity contribution in [3.8, 4) is 0 Å². The minimum Gasteiger partial charge on any atom is -0.361 e. The van der Waals surface area contributed by atoms with Crippen molar-refractivity contribution in [2.75, 3.05) is 5.32 Å². The molecule has 3 aromatic rings. The summed E-state index contributed by atoms with van der Waals surface area (Å²) >= 11 is 11.8. The largest absolute Gasteiger partial charge is 0.361 e. The minimum atomic E-state index is -0.188. The zero-order valence-corrected chi connectivity index (χ0v) is 11.8. The van der Waals surface area contributed by atoms with E-state index in [4.69, 9.17) is 23.2 Å². The van der Waals surface area contributed by atoms with Crippen LogP contribution in [0.4, 0.5) is 5.69 Å². The monoisotopic (exact) mass is 304 g/mol. The summed E-state index contributed by atoms with van der Waals surface area (Å²) in [5.74, 6) is -0.188. The second-order valence-corrected chi connectivity index (χ2v) is 5.18. The molecule has 2 N–H and O–H groups in total. The quantitative estimate of drug-likeness (QED) is 0.706. The highest BCUT2D eigenvalue weighted by molar-refractivity contribution is 6.42. The van der Waals surface area contributed by atoms with Crippen LogP contribution in [0.2, 0.25) is 10.0 Å². The Morgan fingerprint density at radius 2 is 1.85 bits per heavy atom. The first-order chi connectivity index (χ1) is 9.63. The van der Waals surface area contributed by atoms with Crippen molar-refractivity contribution >= 4 is 45.7 Å². The summed E-state index contributed by atoms with van der Waals surface area (Å²) in [6.45, 7) is 0. The molecule has 1 amide bonds. The molecule has 3 rings (SSSR count). The van der Waals surface area contributed by atoms with E-state index in [1.165, 1.54) is 0 Å². The second-order valence-electron chi connectivity index (χ2n) is 4.36. The molecular weight excluding hydrogens is 295 g/mol. The van der Waals surface area contributed by atoms with E-state index in [9.17, 15) is 4.79 Å². The lowest BCUT2D eigenvalue weighted by atomic mass is 10.1. The molecule has 0 spiro atoms. The van der Waals surface area contributed by atoms with Gasteiger partial charge in [0.05, 0.1) is 10.0 Å². The van der Waals surface area contributed by atoms with Gasteiger partial charge in [0.25, 0.3) is 5.91 Å². The third-order valence-electron chi connectivity index (χ3n) is 2.99. The van der Waals surface area contributed by atoms with Gasteiger partial charge in [-0.3, -0.25) is 4.79 Å². The average molecular weight is 305 g/mol. The van der Waals surface area contributed by atoms with Crippen LogP contribution in [0.1, 0.15) is 10.4 Å². The van der Waals surface area contributed by atoms with Crippen LogP contribution in [0.3, 0.4) is 0 Å². The molecular formula is C15H10Cl2N2O. The number of rotatable bonds is 2. The molecule has 0 radical (unpaired) electrons. The minimum absolute atomic E-state index is 0.188. The van der Waals surface area contributed by atoms with Crippen molar-refractivity contribution in [2.24, 2.45) is 0 Å². The SMILES string of the molecule is O=C(Nc1ccc(Cl)c(Cl)c1)c1ccc2[nH]ccc2c1. The number of aromatic amines is 1. The number of carbonyl (C=O) groups is 1. The fraction of sp³-hybridized carbons (Fsp3) is 0. The van der Waals surface area contributed by atoms with E-state index >= 15 is 0 Å². The third-order valence-corrected chi connectivity index (χ3v) is 3.73. The van der Waals surface area contributed by atoms with Crippen molar-refractivity contribution < 1.29 is 4.79 Å². The van der Waals surface area contributed by atoms with Gasteiger partial charge in [0.2, 0.25) is 0 Å². The smallest absolute Gasteiger partial charge is 0.255 e. The van der Waals surface area contributed by atoms with Gasteiger partial charge < -0.3 is 10.3 Å². The molecule has 1 heterocycles. The Balaban J connectivity index is 1.86. The topological polar surface area (TPSA) is 44.9 Å². The molecule has 5 heteroatoms. The van der Waals surface area contributed by atoms with E-state index in [1.807, 2.05) is 24.4 Å². The van der Waals surface area contributed by atoms with Gasteiger partial charge in [-0.25, -0.2) is 0 Å². The van der Waals surface area contributed by atoms with Crippen molar-refractivity contribution in [2.45, 2.75) is 0 Å². The first kappa shape index (κ1) is 13.0. The number of halogens is 2. The molecule has 0 aliphatic heterocycles. The van der Waals surface area contributed by atoms with E-state index in [0.29, 0.717) is 21.3 Å². The predicted molar refractivity (Wildman–Crippen MR) is 82.7 cm³/mol. The van der Waals surface area contributed by atoms with Gasteiger partial charge in [0.1, 0.15) is 0 Å². The van der Waals surface area contributed by atoms with Crippen LogP contribution in [-0.4, -0.2) is 10.9 Å². The summed E-state index contributed by atoms with van der Waals surface area (Å²) in [4.78, 5) is 15.3. The molecule has 1 aromatic heterocycles. The van der Waals surface area contributed by atoms with Crippen LogP contribution in [0.25, 0.3) is 10.9 Å². The molecule has 0 aliphatic carbocycles. The maximum absolute atomic E-state index is 12.2. The molecule has 0 aliphatic rings. The standard InChI is InChI=1S/C15H10Cl2N2O/c16-12-3-2-11(8-13(12)17)19-15(20)10-1-4-14-9(7-10)5-6-18-14/h1-8,18H,(H,19,20). The predicted octanol–water partition coefficient (Wildman–Crippen LogP) is 4.73. The van der Waals surface area contributed by atoms with Crippen molar-refractivity contribution in [3.63, 3.8) is 0 Å². The molecule has 0 saturated carbocycles. The highest BCUT2D eigenvalue weighted by Gasteiger charge is 2.08. The van der Waals surface area contributed by atoms with Gasteiger partial charge >= 0.3 is 0 Å². The van der Waals surface area contributed by atoms with Crippen LogP contribution in [0.5, 0.6) is 0 Å². The summed E-state index contributed by atoms with van der Waals surface area (Å²) < 4.78 is 0. The maximum atomic E-state index is 12.2. The molecule has 0 unspecified atom stereocenters. The summed E-state index contributed by atoms with van der Waals surface area (Å²) in [5.41, 5.74) is 2.19. The normalized spacial score (nSPS) is 10.7. The van der Waals surface area contributed by atoms with Crippen LogP contribution < -0.4 is 5.32 Å². The summed E-state index contributed by atoms with van der Waals surface area (Å²) in [6.07, 6.45) is 1.84. The van der Waals surface area contributed by atoms with Gasteiger partial charge in [-0.05, 0) is 42.5 Å². The van der Waals surface area contributed by atoms with Crippen molar-refractivity contribution in [1.29, 1.82) is 0 Å². The summed E-state index contributed by atoms with van der Waals surface area (Å²) in [7, 11) is 0. The first-order valence-electron chi connectivity index (χ1n) is 5.97. The van der Waals surface area contributed by atoms with Gasteiger partial charge in [-0.1, -0.05) is 23.2 Å². The van der Waals surface area contributed by atoms with Crippen LogP contribution >= 0.6 is 23.2 Å². The van der Waals surface area contributed by atoms with E-state index < -0.39 is 0 Å². The third kappa shape index (κ3) is 2.50. The zero-order chi connectivity index (χ0) is 14.1. The highest BCUT2D eigenvalue weighted by Crippen LogP contribution is 2.25. The van der Waals surface area contributed by atoms with Crippen molar-refractivity contribution in [1.82, 2.24) is 4.98 Å². The lowest BCUT2D eigenvalue weighted by Crippen LogP contribution is -2.11. The zero-order valence-electron chi connectivity index (χ0n) is 10.3. The Bertz CT molecular complexity index is 795. The molecule has 0 atom stereocenters. The number of amides is 1. The Labute approximate surface area is 125 Å². The molecule has 0 saturated heterocycles. The molecule has 0 bridgehead atoms. The van der Waals surface area contributed by atoms with E-state index in [0.717, 1.165) is 10.9 Å². The van der Waals surface area contributed by atoms with E-state index in [1.54, 1.807) is 24.3 Å². The molecule has 100 valence electrons.